The van der Waals surface area contributed by atoms with Crippen molar-refractivity contribution in [3.8, 4) is 5.75 Å². The van der Waals surface area contributed by atoms with E-state index in [2.05, 4.69) is 11.8 Å². The van der Waals surface area contributed by atoms with Gasteiger partial charge in [0.2, 0.25) is 5.67 Å². The quantitative estimate of drug-likeness (QED) is 0.316. The van der Waals surface area contributed by atoms with Gasteiger partial charge in [-0.15, -0.1) is 0 Å². The molecule has 48 heavy (non-hydrogen) atoms. The van der Waals surface area contributed by atoms with E-state index < -0.39 is 41.1 Å². The normalized spacial score (nSPS) is 28.1. The first-order valence-corrected chi connectivity index (χ1v) is 17.4. The molecule has 4 aliphatic rings. The van der Waals surface area contributed by atoms with Crippen molar-refractivity contribution in [1.29, 1.82) is 0 Å². The van der Waals surface area contributed by atoms with Crippen molar-refractivity contribution in [3.05, 3.63) is 59.2 Å². The third-order valence-electron chi connectivity index (χ3n) is 11.5. The number of piperidine rings is 2. The van der Waals surface area contributed by atoms with Crippen LogP contribution in [0.2, 0.25) is 0 Å². The second kappa shape index (κ2) is 13.9. The number of carbonyl (C=O) groups is 2. The number of carboxylic acid groups (broad SMARTS) is 1. The Morgan fingerprint density at radius 2 is 1.54 bits per heavy atom. The van der Waals surface area contributed by atoms with Gasteiger partial charge in [0.1, 0.15) is 5.75 Å². The fourth-order valence-corrected chi connectivity index (χ4v) is 8.52. The third kappa shape index (κ3) is 7.03. The van der Waals surface area contributed by atoms with Gasteiger partial charge in [-0.25, -0.2) is 4.39 Å². The molecule has 7 nitrogen and oxygen atoms in total. The molecule has 3 aliphatic heterocycles. The van der Waals surface area contributed by atoms with E-state index in [1.165, 1.54) is 6.07 Å². The first-order valence-electron chi connectivity index (χ1n) is 17.4. The fourth-order valence-electron chi connectivity index (χ4n) is 8.52. The Balaban J connectivity index is 1.20. The van der Waals surface area contributed by atoms with Gasteiger partial charge >= 0.3 is 12.1 Å². The highest BCUT2D eigenvalue weighted by Gasteiger charge is 2.56. The molecule has 6 rings (SSSR count). The molecule has 2 aromatic carbocycles. The highest BCUT2D eigenvalue weighted by molar-refractivity contribution is 5.87. The van der Waals surface area contributed by atoms with Crippen LogP contribution in [0.5, 0.6) is 5.75 Å². The summed E-state index contributed by atoms with van der Waals surface area (Å²) in [6.07, 6.45) is 1.41. The van der Waals surface area contributed by atoms with Crippen LogP contribution in [0.15, 0.2) is 42.5 Å². The minimum Gasteiger partial charge on any atom is -0.497 e. The number of carbonyl (C=O) groups excluding carboxylic acids is 1. The van der Waals surface area contributed by atoms with Gasteiger partial charge < -0.3 is 19.6 Å². The average Bonchev–Trinajstić information content (AvgIpc) is 3.46. The van der Waals surface area contributed by atoms with E-state index >= 15 is 4.39 Å². The zero-order valence-corrected chi connectivity index (χ0v) is 27.9. The lowest BCUT2D eigenvalue weighted by Gasteiger charge is -2.39. The van der Waals surface area contributed by atoms with E-state index in [9.17, 15) is 27.9 Å². The van der Waals surface area contributed by atoms with Crippen molar-refractivity contribution < 1.29 is 37.0 Å². The maximum atomic E-state index is 17.5. The molecule has 1 amide bonds. The summed E-state index contributed by atoms with van der Waals surface area (Å²) < 4.78 is 64.1. The fraction of sp³-hybridized carbons (Fsp3) is 0.622. The number of anilines is 1. The number of carboxylic acids is 1. The molecule has 262 valence electrons. The number of nitrogens with zero attached hydrogens (tertiary/aromatic N) is 3. The lowest BCUT2D eigenvalue weighted by molar-refractivity contribution is -0.145. The largest absolute Gasteiger partial charge is 0.497 e. The van der Waals surface area contributed by atoms with Crippen LogP contribution in [0.3, 0.4) is 0 Å². The number of methoxy groups -OCH3 is 1. The van der Waals surface area contributed by atoms with E-state index in [0.717, 1.165) is 42.9 Å². The summed E-state index contributed by atoms with van der Waals surface area (Å²) in [6.45, 7) is 4.11. The van der Waals surface area contributed by atoms with Gasteiger partial charge in [-0.05, 0) is 98.6 Å². The second-order valence-corrected chi connectivity index (χ2v) is 14.5. The van der Waals surface area contributed by atoms with Crippen LogP contribution in [-0.4, -0.2) is 84.9 Å². The molecule has 0 bridgehead atoms. The Kier molecular flexibility index (Phi) is 9.98. The number of rotatable bonds is 7. The third-order valence-corrected chi connectivity index (χ3v) is 11.5. The lowest BCUT2D eigenvalue weighted by Crippen LogP contribution is -2.53. The molecule has 3 heterocycles. The molecular weight excluding hydrogens is 626 g/mol. The van der Waals surface area contributed by atoms with Crippen molar-refractivity contribution in [3.63, 3.8) is 0 Å². The number of aliphatic carboxylic acids is 1. The topological polar surface area (TPSA) is 73.3 Å². The van der Waals surface area contributed by atoms with Crippen molar-refractivity contribution in [2.24, 2.45) is 11.8 Å². The number of halogens is 4. The summed E-state index contributed by atoms with van der Waals surface area (Å²) in [6, 6.07) is 11.4. The Hall–Kier alpha value is -3.34. The van der Waals surface area contributed by atoms with E-state index in [4.69, 9.17) is 4.74 Å². The molecule has 1 N–H and O–H groups in total. The zero-order chi connectivity index (χ0) is 34.2. The first kappa shape index (κ1) is 34.5. The summed E-state index contributed by atoms with van der Waals surface area (Å²) in [7, 11) is 1.58. The van der Waals surface area contributed by atoms with Crippen LogP contribution in [-0.2, 0) is 15.8 Å². The number of benzene rings is 2. The number of ether oxygens (including phenoxy) is 1. The van der Waals surface area contributed by atoms with Crippen molar-refractivity contribution in [2.45, 2.75) is 88.0 Å². The maximum Gasteiger partial charge on any atom is 0.416 e. The second-order valence-electron chi connectivity index (χ2n) is 14.5. The van der Waals surface area contributed by atoms with Gasteiger partial charge in [-0.2, -0.15) is 13.2 Å². The SMILES string of the molecule is COc1ccc([C@@H]2CN(C3CCC(C)CC3)C[C@@]2(F)C(=O)N2CCC(c3ccc(C(F)(F)F)cc3N3CCC(C(=O)O)CC3)CC2)cc1. The molecule has 1 aliphatic carbocycles. The summed E-state index contributed by atoms with van der Waals surface area (Å²) >= 11 is 0. The Labute approximate surface area is 280 Å². The van der Waals surface area contributed by atoms with Crippen molar-refractivity contribution in [1.82, 2.24) is 9.80 Å². The molecule has 0 radical (unpaired) electrons. The minimum atomic E-state index is -4.51. The Morgan fingerprint density at radius 3 is 2.12 bits per heavy atom. The van der Waals surface area contributed by atoms with Crippen LogP contribution in [0.25, 0.3) is 0 Å². The molecule has 0 unspecified atom stereocenters. The van der Waals surface area contributed by atoms with Gasteiger partial charge in [-0.3, -0.25) is 14.5 Å². The molecule has 11 heteroatoms. The molecule has 0 aromatic heterocycles. The van der Waals surface area contributed by atoms with Gasteiger partial charge in [-0.1, -0.05) is 25.1 Å². The van der Waals surface area contributed by atoms with Gasteiger partial charge in [0, 0.05) is 56.9 Å². The lowest BCUT2D eigenvalue weighted by atomic mass is 9.83. The molecule has 3 saturated heterocycles. The van der Waals surface area contributed by atoms with E-state index in [1.54, 1.807) is 18.1 Å². The molecule has 1 saturated carbocycles. The monoisotopic (exact) mass is 673 g/mol. The number of hydrogen-bond acceptors (Lipinski definition) is 5. The number of alkyl halides is 4. The minimum absolute atomic E-state index is 0.0524. The summed E-state index contributed by atoms with van der Waals surface area (Å²) in [5.41, 5.74) is -0.814. The van der Waals surface area contributed by atoms with E-state index in [0.29, 0.717) is 75.8 Å². The zero-order valence-electron chi connectivity index (χ0n) is 27.9. The molecule has 2 aromatic rings. The van der Waals surface area contributed by atoms with Gasteiger partial charge in [0.25, 0.3) is 5.91 Å². The number of hydrogen-bond donors (Lipinski definition) is 1. The van der Waals surface area contributed by atoms with Crippen LogP contribution >= 0.6 is 0 Å². The molecule has 0 spiro atoms. The summed E-state index contributed by atoms with van der Waals surface area (Å²) in [5, 5.41) is 9.43. The average molecular weight is 674 g/mol. The number of amides is 1. The standard InChI is InChI=1S/C37H47F4N3O4/c1-24-3-8-29(9-4-24)44-22-32(26-5-10-30(48-2)11-6-26)36(38,23-44)35(47)43-19-13-25(14-20-43)31-12-7-28(37(39,40)41)21-33(31)42-17-15-27(16-18-42)34(45)46/h5-7,10-12,21,24-25,27,29,32H,3-4,8-9,13-20,22-23H2,1-2H3,(H,45,46)/t24?,29?,32-,36-/m0/s1. The Morgan fingerprint density at radius 1 is 0.896 bits per heavy atom. The van der Waals surface area contributed by atoms with Gasteiger partial charge in [0.05, 0.1) is 18.6 Å². The highest BCUT2D eigenvalue weighted by atomic mass is 19.4. The van der Waals surface area contributed by atoms with E-state index in [1.807, 2.05) is 29.2 Å². The predicted octanol–water partition coefficient (Wildman–Crippen LogP) is 7.11. The first-order chi connectivity index (χ1) is 22.9. The van der Waals surface area contributed by atoms with Crippen LogP contribution in [0, 0.1) is 11.8 Å². The smallest absolute Gasteiger partial charge is 0.416 e. The maximum absolute atomic E-state index is 17.5. The summed E-state index contributed by atoms with van der Waals surface area (Å²) in [5.74, 6) is -1.30. The molecular formula is C37H47F4N3O4. The molecule has 4 fully saturated rings. The van der Waals surface area contributed by atoms with Crippen molar-refractivity contribution in [2.75, 3.05) is 51.3 Å². The van der Waals surface area contributed by atoms with E-state index in [-0.39, 0.29) is 18.5 Å². The van der Waals surface area contributed by atoms with Crippen molar-refractivity contribution >= 4 is 17.6 Å². The van der Waals surface area contributed by atoms with Crippen LogP contribution in [0.4, 0.5) is 23.2 Å². The predicted molar refractivity (Wildman–Crippen MR) is 175 cm³/mol. The van der Waals surface area contributed by atoms with Crippen LogP contribution < -0.4 is 9.64 Å². The van der Waals surface area contributed by atoms with Gasteiger partial charge in [0.15, 0.2) is 0 Å². The summed E-state index contributed by atoms with van der Waals surface area (Å²) in [4.78, 5) is 31.4. The highest BCUT2D eigenvalue weighted by Crippen LogP contribution is 2.45. The number of likely N-dealkylation sites (tertiary alicyclic amines) is 2. The Bertz CT molecular complexity index is 1450. The molecule has 2 atom stereocenters. The van der Waals surface area contributed by atoms with Crippen LogP contribution in [0.1, 0.15) is 86.8 Å².